The zero-order valence-electron chi connectivity index (χ0n) is 19.3. The molecule has 0 bridgehead atoms. The summed E-state index contributed by atoms with van der Waals surface area (Å²) < 4.78 is 8.99. The zero-order chi connectivity index (χ0) is 23.0. The van der Waals surface area contributed by atoms with E-state index in [9.17, 15) is 4.79 Å². The van der Waals surface area contributed by atoms with Gasteiger partial charge in [-0.25, -0.2) is 4.98 Å². The molecule has 0 saturated carbocycles. The molecule has 8 heteroatoms. The lowest BCUT2D eigenvalue weighted by molar-refractivity contribution is 0.0937. The van der Waals surface area contributed by atoms with Gasteiger partial charge in [0.1, 0.15) is 5.75 Å². The SMILES string of the molecule is COc1cccc(-c2cc(C(=O)NC(C)Cn3nc(C)cc3C)c3c(C)nn(C)c3n2)c1. The molecule has 0 aliphatic rings. The Morgan fingerprint density at radius 3 is 2.62 bits per heavy atom. The molecule has 0 spiro atoms. The van der Waals surface area contributed by atoms with E-state index in [1.165, 1.54) is 0 Å². The molecular formula is C24H28N6O2. The van der Waals surface area contributed by atoms with Crippen LogP contribution >= 0.6 is 0 Å². The predicted octanol–water partition coefficient (Wildman–Crippen LogP) is 3.58. The molecule has 166 valence electrons. The standard InChI is InChI=1S/C24H28N6O2/c1-14-10-16(3)30(27-14)13-15(2)25-24(31)20-12-21(18-8-7-9-19(11-18)32-6)26-23-22(20)17(4)28-29(23)5/h7-12,15H,13H2,1-6H3,(H,25,31). The van der Waals surface area contributed by atoms with Crippen LogP contribution in [-0.4, -0.2) is 43.6 Å². The van der Waals surface area contributed by atoms with Crippen molar-refractivity contribution in [2.45, 2.75) is 40.3 Å². The summed E-state index contributed by atoms with van der Waals surface area (Å²) in [7, 11) is 3.47. The maximum absolute atomic E-state index is 13.4. The maximum Gasteiger partial charge on any atom is 0.252 e. The minimum Gasteiger partial charge on any atom is -0.497 e. The summed E-state index contributed by atoms with van der Waals surface area (Å²) in [4.78, 5) is 18.2. The second-order valence-corrected chi connectivity index (χ2v) is 8.18. The topological polar surface area (TPSA) is 86.9 Å². The Labute approximate surface area is 187 Å². The van der Waals surface area contributed by atoms with Gasteiger partial charge in [0.05, 0.1) is 41.7 Å². The summed E-state index contributed by atoms with van der Waals surface area (Å²) in [6.07, 6.45) is 0. The molecule has 8 nitrogen and oxygen atoms in total. The van der Waals surface area contributed by atoms with Crippen LogP contribution in [0.3, 0.4) is 0 Å². The van der Waals surface area contributed by atoms with Crippen molar-refractivity contribution in [2.24, 2.45) is 7.05 Å². The Morgan fingerprint density at radius 2 is 1.94 bits per heavy atom. The number of rotatable bonds is 6. The lowest BCUT2D eigenvalue weighted by atomic mass is 10.0. The van der Waals surface area contributed by atoms with Crippen LogP contribution in [0.15, 0.2) is 36.4 Å². The van der Waals surface area contributed by atoms with E-state index in [1.54, 1.807) is 11.8 Å². The second kappa shape index (κ2) is 8.45. The highest BCUT2D eigenvalue weighted by Gasteiger charge is 2.21. The second-order valence-electron chi connectivity index (χ2n) is 8.18. The number of amides is 1. The van der Waals surface area contributed by atoms with Gasteiger partial charge in [0.15, 0.2) is 5.65 Å². The van der Waals surface area contributed by atoms with Crippen molar-refractivity contribution >= 4 is 16.9 Å². The van der Waals surface area contributed by atoms with Crippen LogP contribution in [0, 0.1) is 20.8 Å². The van der Waals surface area contributed by atoms with Crippen molar-refractivity contribution < 1.29 is 9.53 Å². The van der Waals surface area contributed by atoms with Crippen LogP contribution < -0.4 is 10.1 Å². The smallest absolute Gasteiger partial charge is 0.252 e. The molecule has 1 atom stereocenters. The van der Waals surface area contributed by atoms with E-state index in [2.05, 4.69) is 15.5 Å². The van der Waals surface area contributed by atoms with E-state index >= 15 is 0 Å². The highest BCUT2D eigenvalue weighted by Crippen LogP contribution is 2.28. The first-order valence-corrected chi connectivity index (χ1v) is 10.6. The minimum absolute atomic E-state index is 0.110. The Balaban J connectivity index is 1.71. The van der Waals surface area contributed by atoms with E-state index in [4.69, 9.17) is 9.72 Å². The number of carbonyl (C=O) groups is 1. The van der Waals surface area contributed by atoms with E-state index < -0.39 is 0 Å². The number of carbonyl (C=O) groups excluding carboxylic acids is 1. The first-order valence-electron chi connectivity index (χ1n) is 10.6. The lowest BCUT2D eigenvalue weighted by Crippen LogP contribution is -2.36. The van der Waals surface area contributed by atoms with Crippen LogP contribution in [0.4, 0.5) is 0 Å². The number of nitrogens with one attached hydrogen (secondary N) is 1. The largest absolute Gasteiger partial charge is 0.497 e. The minimum atomic E-state index is -0.160. The lowest BCUT2D eigenvalue weighted by Gasteiger charge is -2.16. The first-order chi connectivity index (χ1) is 15.3. The fourth-order valence-corrected chi connectivity index (χ4v) is 4.02. The molecule has 4 aromatic rings. The van der Waals surface area contributed by atoms with E-state index in [1.807, 2.05) is 75.8 Å². The van der Waals surface area contributed by atoms with Crippen molar-refractivity contribution in [3.63, 3.8) is 0 Å². The summed E-state index contributed by atoms with van der Waals surface area (Å²) >= 11 is 0. The molecule has 0 fully saturated rings. The van der Waals surface area contributed by atoms with Gasteiger partial charge in [-0.05, 0) is 52.0 Å². The van der Waals surface area contributed by atoms with Gasteiger partial charge in [-0.15, -0.1) is 0 Å². The fraction of sp³-hybridized carbons (Fsp3) is 0.333. The average Bonchev–Trinajstić information content (AvgIpc) is 3.23. The average molecular weight is 433 g/mol. The molecule has 0 aliphatic carbocycles. The highest BCUT2D eigenvalue weighted by atomic mass is 16.5. The molecule has 1 amide bonds. The van der Waals surface area contributed by atoms with Crippen molar-refractivity contribution in [1.29, 1.82) is 0 Å². The molecule has 1 N–H and O–H groups in total. The molecule has 3 aromatic heterocycles. The van der Waals surface area contributed by atoms with Gasteiger partial charge in [0.25, 0.3) is 5.91 Å². The quantitative estimate of drug-likeness (QED) is 0.503. The van der Waals surface area contributed by atoms with Crippen molar-refractivity contribution in [3.05, 3.63) is 59.0 Å². The molecule has 3 heterocycles. The van der Waals surface area contributed by atoms with E-state index in [0.29, 0.717) is 23.4 Å². The van der Waals surface area contributed by atoms with Crippen molar-refractivity contribution in [3.8, 4) is 17.0 Å². The van der Waals surface area contributed by atoms with Crippen LogP contribution in [0.5, 0.6) is 5.75 Å². The monoisotopic (exact) mass is 432 g/mol. The van der Waals surface area contributed by atoms with Gasteiger partial charge in [-0.1, -0.05) is 12.1 Å². The van der Waals surface area contributed by atoms with Crippen LogP contribution in [0.25, 0.3) is 22.3 Å². The molecule has 0 radical (unpaired) electrons. The summed E-state index contributed by atoms with van der Waals surface area (Å²) in [6, 6.07) is 11.4. The number of methoxy groups -OCH3 is 1. The molecule has 1 aromatic carbocycles. The third kappa shape index (κ3) is 4.08. The van der Waals surface area contributed by atoms with Gasteiger partial charge in [0.2, 0.25) is 0 Å². The third-order valence-electron chi connectivity index (χ3n) is 5.51. The predicted molar refractivity (Wildman–Crippen MR) is 124 cm³/mol. The van der Waals surface area contributed by atoms with Crippen molar-refractivity contribution in [2.75, 3.05) is 7.11 Å². The van der Waals surface area contributed by atoms with Crippen molar-refractivity contribution in [1.82, 2.24) is 29.9 Å². The number of ether oxygens (including phenoxy) is 1. The number of nitrogens with zero attached hydrogens (tertiary/aromatic N) is 5. The van der Waals surface area contributed by atoms with E-state index in [-0.39, 0.29) is 11.9 Å². The van der Waals surface area contributed by atoms with Gasteiger partial charge in [0, 0.05) is 24.3 Å². The molecule has 4 rings (SSSR count). The Bertz CT molecular complexity index is 1300. The first kappa shape index (κ1) is 21.5. The molecule has 0 saturated heterocycles. The summed E-state index contributed by atoms with van der Waals surface area (Å²) in [5.41, 5.74) is 5.58. The Hall–Kier alpha value is -3.68. The number of benzene rings is 1. The van der Waals surface area contributed by atoms with Gasteiger partial charge < -0.3 is 10.1 Å². The molecular weight excluding hydrogens is 404 g/mol. The van der Waals surface area contributed by atoms with Crippen LogP contribution in [0.1, 0.15) is 34.4 Å². The third-order valence-corrected chi connectivity index (χ3v) is 5.51. The Kier molecular flexibility index (Phi) is 5.69. The molecule has 1 unspecified atom stereocenters. The van der Waals surface area contributed by atoms with Crippen LogP contribution in [-0.2, 0) is 13.6 Å². The maximum atomic E-state index is 13.4. The molecule has 0 aliphatic heterocycles. The highest BCUT2D eigenvalue weighted by molar-refractivity contribution is 6.07. The number of hydrogen-bond donors (Lipinski definition) is 1. The fourth-order valence-electron chi connectivity index (χ4n) is 4.02. The Morgan fingerprint density at radius 1 is 1.16 bits per heavy atom. The summed E-state index contributed by atoms with van der Waals surface area (Å²) in [6.45, 7) is 8.44. The number of hydrogen-bond acceptors (Lipinski definition) is 5. The number of aryl methyl sites for hydroxylation is 4. The normalized spacial score (nSPS) is 12.2. The summed E-state index contributed by atoms with van der Waals surface area (Å²) in [5.74, 6) is 0.571. The molecule has 32 heavy (non-hydrogen) atoms. The van der Waals surface area contributed by atoms with Gasteiger partial charge >= 0.3 is 0 Å². The van der Waals surface area contributed by atoms with Crippen LogP contribution in [0.2, 0.25) is 0 Å². The summed E-state index contributed by atoms with van der Waals surface area (Å²) in [5, 5.41) is 12.9. The van der Waals surface area contributed by atoms with Gasteiger partial charge in [-0.2, -0.15) is 10.2 Å². The zero-order valence-corrected chi connectivity index (χ0v) is 19.3. The van der Waals surface area contributed by atoms with Gasteiger partial charge in [-0.3, -0.25) is 14.2 Å². The number of fused-ring (bicyclic) bond motifs is 1. The number of aromatic nitrogens is 5. The van der Waals surface area contributed by atoms with E-state index in [0.717, 1.165) is 33.8 Å². The number of pyridine rings is 1.